The summed E-state index contributed by atoms with van der Waals surface area (Å²) in [5.41, 5.74) is 3.13. The van der Waals surface area contributed by atoms with Gasteiger partial charge in [0.15, 0.2) is 8.32 Å². The van der Waals surface area contributed by atoms with E-state index in [1.807, 2.05) is 12.1 Å². The van der Waals surface area contributed by atoms with Gasteiger partial charge in [0.1, 0.15) is 0 Å². The number of carbonyl (C=O) groups is 2. The number of anilines is 1. The molecule has 8 heteroatoms. The third kappa shape index (κ3) is 5.44. The number of amides is 2. The molecule has 7 nitrogen and oxygen atoms in total. The zero-order valence-electron chi connectivity index (χ0n) is 20.6. The summed E-state index contributed by atoms with van der Waals surface area (Å²) in [6.45, 7) is 12.2. The molecule has 1 saturated carbocycles. The van der Waals surface area contributed by atoms with Gasteiger partial charge in [-0.1, -0.05) is 39.7 Å². The van der Waals surface area contributed by atoms with Crippen LogP contribution in [0.1, 0.15) is 70.1 Å². The Hall–Kier alpha value is -1.90. The van der Waals surface area contributed by atoms with Crippen LogP contribution in [0.5, 0.6) is 0 Å². The zero-order valence-corrected chi connectivity index (χ0v) is 21.6. The average Bonchev–Trinajstić information content (AvgIpc) is 3.26. The molecule has 3 N–H and O–H groups in total. The lowest BCUT2D eigenvalue weighted by atomic mass is 9.89. The van der Waals surface area contributed by atoms with Crippen LogP contribution in [-0.2, 0) is 25.3 Å². The summed E-state index contributed by atoms with van der Waals surface area (Å²) in [6, 6.07) is 6.49. The molecule has 2 heterocycles. The van der Waals surface area contributed by atoms with Gasteiger partial charge in [-0.15, -0.1) is 0 Å². The number of fused-ring (bicyclic) bond motifs is 4. The molecule has 0 unspecified atom stereocenters. The fraction of sp³-hybridized carbons (Fsp3) is 0.680. The van der Waals surface area contributed by atoms with Crippen molar-refractivity contribution in [3.8, 4) is 0 Å². The summed E-state index contributed by atoms with van der Waals surface area (Å²) >= 11 is 0. The van der Waals surface area contributed by atoms with Crippen molar-refractivity contribution in [2.75, 3.05) is 11.9 Å². The minimum absolute atomic E-state index is 0.0202. The van der Waals surface area contributed by atoms with Crippen LogP contribution in [0.2, 0.25) is 18.1 Å². The van der Waals surface area contributed by atoms with E-state index in [0.717, 1.165) is 48.9 Å². The van der Waals surface area contributed by atoms with Crippen LogP contribution in [0.25, 0.3) is 0 Å². The van der Waals surface area contributed by atoms with Crippen LogP contribution in [0.4, 0.5) is 5.69 Å². The molecule has 3 aliphatic rings. The van der Waals surface area contributed by atoms with Crippen molar-refractivity contribution in [2.45, 2.75) is 102 Å². The summed E-state index contributed by atoms with van der Waals surface area (Å²) in [5.74, 6) is -1.11. The van der Waals surface area contributed by atoms with Crippen LogP contribution in [0.3, 0.4) is 0 Å². The van der Waals surface area contributed by atoms with Gasteiger partial charge in [-0.05, 0) is 48.7 Å². The lowest BCUT2D eigenvalue weighted by molar-refractivity contribution is -0.139. The predicted molar refractivity (Wildman–Crippen MR) is 131 cm³/mol. The molecular weight excluding hydrogens is 434 g/mol. The fourth-order valence-corrected chi connectivity index (χ4v) is 6.06. The molecule has 3 atom stereocenters. The lowest BCUT2D eigenvalue weighted by Gasteiger charge is -2.47. The topological polar surface area (TPSA) is 88.7 Å². The van der Waals surface area contributed by atoms with Gasteiger partial charge in [0.25, 0.3) is 0 Å². The maximum atomic E-state index is 12.2. The van der Waals surface area contributed by atoms with Crippen molar-refractivity contribution in [1.29, 1.82) is 0 Å². The predicted octanol–water partition coefficient (Wildman–Crippen LogP) is 4.01. The maximum absolute atomic E-state index is 12.2. The molecule has 2 bridgehead atoms. The van der Waals surface area contributed by atoms with Crippen LogP contribution < -0.4 is 16.0 Å². The third-order valence-corrected chi connectivity index (χ3v) is 12.3. The van der Waals surface area contributed by atoms with Gasteiger partial charge in [0.2, 0.25) is 0 Å². The third-order valence-electron chi connectivity index (χ3n) is 7.78. The second kappa shape index (κ2) is 9.39. The van der Waals surface area contributed by atoms with Crippen molar-refractivity contribution in [3.05, 3.63) is 29.3 Å². The van der Waals surface area contributed by atoms with Crippen LogP contribution in [0, 0.1) is 0 Å². The molecule has 2 aliphatic heterocycles. The molecule has 0 radical (unpaired) electrons. The first kappa shape index (κ1) is 24.2. The van der Waals surface area contributed by atoms with E-state index >= 15 is 0 Å². The summed E-state index contributed by atoms with van der Waals surface area (Å²) in [6.07, 6.45) is 5.08. The Morgan fingerprint density at radius 1 is 1.18 bits per heavy atom. The number of ether oxygens (including phenoxy) is 1. The highest BCUT2D eigenvalue weighted by molar-refractivity contribution is 6.74. The monoisotopic (exact) mass is 473 g/mol. The highest BCUT2D eigenvalue weighted by atomic mass is 28.4. The van der Waals surface area contributed by atoms with Gasteiger partial charge < -0.3 is 25.1 Å². The highest BCUT2D eigenvalue weighted by Crippen LogP contribution is 2.43. The number of hydrogen-bond donors (Lipinski definition) is 3. The van der Waals surface area contributed by atoms with Gasteiger partial charge in [-0.25, -0.2) is 0 Å². The summed E-state index contributed by atoms with van der Waals surface area (Å²) in [5, 5.41) is 9.41. The van der Waals surface area contributed by atoms with Crippen molar-refractivity contribution in [2.24, 2.45) is 0 Å². The van der Waals surface area contributed by atoms with Gasteiger partial charge in [0.05, 0.1) is 24.9 Å². The van der Waals surface area contributed by atoms with E-state index in [9.17, 15) is 9.59 Å². The number of benzene rings is 1. The standard InChI is InChI=1S/C25H39N3O4Si/c1-25(2,3)33(4,5)32-22-15-31-21-13-20(22)28-19-11-10-16(12-18(19)21)14-26-23(29)24(30)27-17-8-6-7-9-17/h10-12,17,20-22,28H,6-9,13-15H2,1-5H3,(H,26,29)(H,27,30)/t20-,21+,22-/m1/s1. The Bertz CT molecular complexity index is 892. The van der Waals surface area contributed by atoms with Crippen LogP contribution in [-0.4, -0.2) is 44.9 Å². The molecule has 1 aromatic carbocycles. The Kier molecular flexibility index (Phi) is 6.89. The Labute approximate surface area is 198 Å². The molecule has 2 amide bonds. The largest absolute Gasteiger partial charge is 0.409 e. The highest BCUT2D eigenvalue weighted by Gasteiger charge is 2.44. The van der Waals surface area contributed by atoms with E-state index in [2.05, 4.69) is 55.9 Å². The summed E-state index contributed by atoms with van der Waals surface area (Å²) in [7, 11) is -1.88. The molecule has 33 heavy (non-hydrogen) atoms. The minimum atomic E-state index is -1.88. The van der Waals surface area contributed by atoms with E-state index in [1.165, 1.54) is 0 Å². The smallest absolute Gasteiger partial charge is 0.309 e. The number of carbonyl (C=O) groups excluding carboxylic acids is 2. The molecule has 1 aliphatic carbocycles. The number of hydrogen-bond acceptors (Lipinski definition) is 5. The lowest BCUT2D eigenvalue weighted by Crippen LogP contribution is -2.54. The Balaban J connectivity index is 1.35. The van der Waals surface area contributed by atoms with Crippen LogP contribution in [0.15, 0.2) is 18.2 Å². The normalized spacial score (nSPS) is 25.2. The second-order valence-corrected chi connectivity index (χ2v) is 16.0. The average molecular weight is 474 g/mol. The van der Waals surface area contributed by atoms with Gasteiger partial charge in [0, 0.05) is 30.3 Å². The van der Waals surface area contributed by atoms with Crippen molar-refractivity contribution in [1.82, 2.24) is 10.6 Å². The number of nitrogens with one attached hydrogen (secondary N) is 3. The minimum Gasteiger partial charge on any atom is -0.409 e. The van der Waals surface area contributed by atoms with E-state index < -0.39 is 20.1 Å². The van der Waals surface area contributed by atoms with E-state index in [4.69, 9.17) is 9.16 Å². The van der Waals surface area contributed by atoms with Gasteiger partial charge in [-0.3, -0.25) is 9.59 Å². The molecule has 182 valence electrons. The summed E-state index contributed by atoms with van der Waals surface area (Å²) < 4.78 is 12.9. The molecule has 1 aromatic rings. The van der Waals surface area contributed by atoms with Crippen molar-refractivity contribution >= 4 is 25.8 Å². The Morgan fingerprint density at radius 3 is 2.61 bits per heavy atom. The Morgan fingerprint density at radius 2 is 1.91 bits per heavy atom. The first-order valence-corrected chi connectivity index (χ1v) is 15.2. The quantitative estimate of drug-likeness (QED) is 0.444. The first-order valence-electron chi connectivity index (χ1n) is 12.3. The molecule has 2 fully saturated rings. The fourth-order valence-electron chi connectivity index (χ4n) is 4.72. The second-order valence-electron chi connectivity index (χ2n) is 11.3. The van der Waals surface area contributed by atoms with Crippen LogP contribution >= 0.6 is 0 Å². The SMILES string of the molecule is CC(C)(C)[Si](C)(C)O[C@@H]1CO[C@H]2C[C@H]1Nc1ccc(CNC(=O)C(=O)NC3CCCC3)cc12. The van der Waals surface area contributed by atoms with E-state index in [-0.39, 0.29) is 29.3 Å². The van der Waals surface area contributed by atoms with Gasteiger partial charge in [-0.2, -0.15) is 0 Å². The molecular formula is C25H39N3O4Si. The van der Waals surface area contributed by atoms with Crippen molar-refractivity contribution in [3.63, 3.8) is 0 Å². The van der Waals surface area contributed by atoms with E-state index in [1.54, 1.807) is 0 Å². The molecule has 0 spiro atoms. The summed E-state index contributed by atoms with van der Waals surface area (Å²) in [4.78, 5) is 24.3. The van der Waals surface area contributed by atoms with Gasteiger partial charge >= 0.3 is 11.8 Å². The number of rotatable bonds is 5. The van der Waals surface area contributed by atoms with Crippen molar-refractivity contribution < 1.29 is 18.8 Å². The molecule has 1 saturated heterocycles. The molecule has 0 aromatic heterocycles. The van der Waals surface area contributed by atoms with E-state index in [0.29, 0.717) is 13.2 Å². The first-order chi connectivity index (χ1) is 15.5. The molecule has 4 rings (SSSR count). The zero-order chi connectivity index (χ0) is 23.8. The maximum Gasteiger partial charge on any atom is 0.309 e.